The predicted molar refractivity (Wildman–Crippen MR) is 66.5 cm³/mol. The molecule has 0 atom stereocenters. The standard InChI is InChI=1S/C12H11N5O2/c1-16-7-8(6-13-16)9-3-4-17-11(14-9)5-10(15-17)12(18)19-2/h3-7H,1-2H3. The quantitative estimate of drug-likeness (QED) is 0.638. The highest BCUT2D eigenvalue weighted by atomic mass is 16.5. The Hall–Kier alpha value is -2.70. The van der Waals surface area contributed by atoms with E-state index in [0.29, 0.717) is 5.65 Å². The lowest BCUT2D eigenvalue weighted by Crippen LogP contribution is -2.01. The van der Waals surface area contributed by atoms with Crippen molar-refractivity contribution >= 4 is 11.6 Å². The molecule has 0 N–H and O–H groups in total. The van der Waals surface area contributed by atoms with E-state index in [-0.39, 0.29) is 5.69 Å². The van der Waals surface area contributed by atoms with Crippen LogP contribution in [0.3, 0.4) is 0 Å². The van der Waals surface area contributed by atoms with Gasteiger partial charge in [-0.05, 0) is 6.07 Å². The first-order valence-electron chi connectivity index (χ1n) is 5.61. The Kier molecular flexibility index (Phi) is 2.52. The highest BCUT2D eigenvalue weighted by Crippen LogP contribution is 2.16. The van der Waals surface area contributed by atoms with Crippen LogP contribution >= 0.6 is 0 Å². The van der Waals surface area contributed by atoms with Crippen LogP contribution in [-0.4, -0.2) is 37.5 Å². The van der Waals surface area contributed by atoms with Crippen molar-refractivity contribution in [2.45, 2.75) is 0 Å². The van der Waals surface area contributed by atoms with Gasteiger partial charge in [0.2, 0.25) is 0 Å². The molecule has 0 bridgehead atoms. The number of fused-ring (bicyclic) bond motifs is 1. The average molecular weight is 257 g/mol. The molecule has 0 aromatic carbocycles. The largest absolute Gasteiger partial charge is 0.464 e. The van der Waals surface area contributed by atoms with Gasteiger partial charge in [0.25, 0.3) is 0 Å². The molecular formula is C12H11N5O2. The third-order valence-electron chi connectivity index (χ3n) is 2.72. The predicted octanol–water partition coefficient (Wildman–Crippen LogP) is 0.916. The fraction of sp³-hybridized carbons (Fsp3) is 0.167. The van der Waals surface area contributed by atoms with Crippen molar-refractivity contribution in [1.82, 2.24) is 24.4 Å². The minimum Gasteiger partial charge on any atom is -0.464 e. The first-order chi connectivity index (χ1) is 9.17. The van der Waals surface area contributed by atoms with Crippen LogP contribution in [0.1, 0.15) is 10.5 Å². The highest BCUT2D eigenvalue weighted by Gasteiger charge is 2.12. The SMILES string of the molecule is COC(=O)c1cc2nc(-c3cnn(C)c3)ccn2n1. The summed E-state index contributed by atoms with van der Waals surface area (Å²) in [6.45, 7) is 0. The monoisotopic (exact) mass is 257 g/mol. The normalized spacial score (nSPS) is 10.8. The highest BCUT2D eigenvalue weighted by molar-refractivity contribution is 5.88. The number of carbonyl (C=O) groups excluding carboxylic acids is 1. The number of aryl methyl sites for hydroxylation is 1. The van der Waals surface area contributed by atoms with E-state index >= 15 is 0 Å². The van der Waals surface area contributed by atoms with E-state index < -0.39 is 5.97 Å². The summed E-state index contributed by atoms with van der Waals surface area (Å²) < 4.78 is 7.87. The van der Waals surface area contributed by atoms with Gasteiger partial charge < -0.3 is 4.74 Å². The Morgan fingerprint density at radius 2 is 2.26 bits per heavy atom. The maximum atomic E-state index is 11.4. The van der Waals surface area contributed by atoms with Gasteiger partial charge in [-0.2, -0.15) is 10.2 Å². The van der Waals surface area contributed by atoms with Gasteiger partial charge in [0.05, 0.1) is 19.0 Å². The molecular weight excluding hydrogens is 246 g/mol. The molecule has 0 unspecified atom stereocenters. The first kappa shape index (κ1) is 11.4. The van der Waals surface area contributed by atoms with E-state index in [1.807, 2.05) is 19.3 Å². The van der Waals surface area contributed by atoms with E-state index in [4.69, 9.17) is 0 Å². The van der Waals surface area contributed by atoms with E-state index in [9.17, 15) is 4.79 Å². The molecule has 3 aromatic rings. The summed E-state index contributed by atoms with van der Waals surface area (Å²) in [4.78, 5) is 15.8. The van der Waals surface area contributed by atoms with Crippen molar-refractivity contribution < 1.29 is 9.53 Å². The lowest BCUT2D eigenvalue weighted by atomic mass is 10.2. The molecule has 0 radical (unpaired) electrons. The number of aromatic nitrogens is 5. The molecule has 3 rings (SSSR count). The van der Waals surface area contributed by atoms with Crippen LogP contribution in [0.4, 0.5) is 0 Å². The molecule has 0 spiro atoms. The van der Waals surface area contributed by atoms with E-state index in [1.54, 1.807) is 23.1 Å². The summed E-state index contributed by atoms with van der Waals surface area (Å²) in [6.07, 6.45) is 5.35. The van der Waals surface area contributed by atoms with Gasteiger partial charge in [0, 0.05) is 31.1 Å². The molecule has 0 aliphatic rings. The molecule has 0 aliphatic heterocycles. The Morgan fingerprint density at radius 1 is 1.42 bits per heavy atom. The van der Waals surface area contributed by atoms with Crippen LogP contribution in [0.15, 0.2) is 30.7 Å². The summed E-state index contributed by atoms with van der Waals surface area (Å²) >= 11 is 0. The van der Waals surface area contributed by atoms with Crippen LogP contribution in [0.25, 0.3) is 16.9 Å². The van der Waals surface area contributed by atoms with Gasteiger partial charge in [0.15, 0.2) is 11.3 Å². The molecule has 0 saturated carbocycles. The third-order valence-corrected chi connectivity index (χ3v) is 2.72. The zero-order chi connectivity index (χ0) is 13.4. The summed E-state index contributed by atoms with van der Waals surface area (Å²) in [6, 6.07) is 3.41. The number of esters is 1. The molecule has 0 fully saturated rings. The molecule has 0 amide bonds. The van der Waals surface area contributed by atoms with Crippen molar-refractivity contribution in [3.63, 3.8) is 0 Å². The van der Waals surface area contributed by atoms with Crippen molar-refractivity contribution in [2.24, 2.45) is 7.05 Å². The maximum Gasteiger partial charge on any atom is 0.358 e. The molecule has 96 valence electrons. The number of ether oxygens (including phenoxy) is 1. The van der Waals surface area contributed by atoms with Gasteiger partial charge in [-0.3, -0.25) is 4.68 Å². The van der Waals surface area contributed by atoms with Gasteiger partial charge in [-0.1, -0.05) is 0 Å². The van der Waals surface area contributed by atoms with Crippen LogP contribution in [0.5, 0.6) is 0 Å². The zero-order valence-corrected chi connectivity index (χ0v) is 10.4. The second kappa shape index (κ2) is 4.20. The maximum absolute atomic E-state index is 11.4. The van der Waals surface area contributed by atoms with Gasteiger partial charge in [-0.15, -0.1) is 0 Å². The third kappa shape index (κ3) is 1.95. The summed E-state index contributed by atoms with van der Waals surface area (Å²) in [5, 5.41) is 8.18. The summed E-state index contributed by atoms with van der Waals surface area (Å²) in [5.74, 6) is -0.478. The van der Waals surface area contributed by atoms with Crippen molar-refractivity contribution in [3.05, 3.63) is 36.4 Å². The van der Waals surface area contributed by atoms with Gasteiger partial charge in [-0.25, -0.2) is 14.3 Å². The Labute approximate surface area is 108 Å². The van der Waals surface area contributed by atoms with Crippen LogP contribution in [0.2, 0.25) is 0 Å². The second-order valence-electron chi connectivity index (χ2n) is 4.04. The van der Waals surface area contributed by atoms with Gasteiger partial charge >= 0.3 is 5.97 Å². The number of methoxy groups -OCH3 is 1. The Balaban J connectivity index is 2.08. The molecule has 0 aliphatic carbocycles. The topological polar surface area (TPSA) is 74.3 Å². The smallest absolute Gasteiger partial charge is 0.358 e. The lowest BCUT2D eigenvalue weighted by Gasteiger charge is -1.96. The second-order valence-corrected chi connectivity index (χ2v) is 4.04. The number of hydrogen-bond donors (Lipinski definition) is 0. The van der Waals surface area contributed by atoms with Crippen LogP contribution in [-0.2, 0) is 11.8 Å². The molecule has 19 heavy (non-hydrogen) atoms. The summed E-state index contributed by atoms with van der Waals surface area (Å²) in [5.41, 5.74) is 2.50. The minimum absolute atomic E-state index is 0.235. The Bertz CT molecular complexity index is 758. The van der Waals surface area contributed by atoms with Crippen LogP contribution < -0.4 is 0 Å². The van der Waals surface area contributed by atoms with Gasteiger partial charge in [0.1, 0.15) is 0 Å². The summed E-state index contributed by atoms with van der Waals surface area (Å²) in [7, 11) is 3.16. The fourth-order valence-corrected chi connectivity index (χ4v) is 1.80. The number of hydrogen-bond acceptors (Lipinski definition) is 5. The molecule has 3 heterocycles. The number of carbonyl (C=O) groups is 1. The van der Waals surface area contributed by atoms with E-state index in [1.165, 1.54) is 11.6 Å². The molecule has 7 nitrogen and oxygen atoms in total. The van der Waals surface area contributed by atoms with E-state index in [0.717, 1.165) is 11.3 Å². The lowest BCUT2D eigenvalue weighted by molar-refractivity contribution is 0.0593. The number of nitrogens with zero attached hydrogens (tertiary/aromatic N) is 5. The average Bonchev–Trinajstić information content (AvgIpc) is 3.02. The van der Waals surface area contributed by atoms with Crippen molar-refractivity contribution in [3.8, 4) is 11.3 Å². The van der Waals surface area contributed by atoms with Crippen molar-refractivity contribution in [2.75, 3.05) is 7.11 Å². The molecule has 7 heteroatoms. The minimum atomic E-state index is -0.478. The molecule has 3 aromatic heterocycles. The van der Waals surface area contributed by atoms with Crippen LogP contribution in [0, 0.1) is 0 Å². The number of rotatable bonds is 2. The molecule has 0 saturated heterocycles. The zero-order valence-electron chi connectivity index (χ0n) is 10.4. The van der Waals surface area contributed by atoms with E-state index in [2.05, 4.69) is 19.9 Å². The fourth-order valence-electron chi connectivity index (χ4n) is 1.80. The first-order valence-corrected chi connectivity index (χ1v) is 5.61. The van der Waals surface area contributed by atoms with Crippen molar-refractivity contribution in [1.29, 1.82) is 0 Å². The Morgan fingerprint density at radius 3 is 2.95 bits per heavy atom.